The van der Waals surface area contributed by atoms with E-state index in [0.29, 0.717) is 17.2 Å². The number of rotatable bonds is 4. The van der Waals surface area contributed by atoms with Crippen molar-refractivity contribution in [1.82, 2.24) is 4.98 Å². The van der Waals surface area contributed by atoms with Crippen LogP contribution in [-0.4, -0.2) is 15.0 Å². The van der Waals surface area contributed by atoms with Crippen molar-refractivity contribution in [2.75, 3.05) is 0 Å². The van der Waals surface area contributed by atoms with E-state index < -0.39 is 11.0 Å². The largest absolute Gasteiger partial charge is 0.455 e. The first-order valence-corrected chi connectivity index (χ1v) is 6.04. The minimum atomic E-state index is -0.649. The van der Waals surface area contributed by atoms with Crippen LogP contribution in [-0.2, 0) is 0 Å². The van der Waals surface area contributed by atoms with Crippen molar-refractivity contribution in [2.24, 2.45) is 0 Å². The third-order valence-corrected chi connectivity index (χ3v) is 2.80. The Bertz CT molecular complexity index is 624. The molecular formula is C14H14N2O4. The zero-order valence-corrected chi connectivity index (χ0v) is 11.1. The molecule has 0 fully saturated rings. The molecule has 2 rings (SSSR count). The lowest BCUT2D eigenvalue weighted by atomic mass is 10.2. The van der Waals surface area contributed by atoms with Crippen LogP contribution in [0, 0.1) is 17.0 Å². The maximum atomic E-state index is 10.7. The first kappa shape index (κ1) is 14.0. The average Bonchev–Trinajstić information content (AvgIpc) is 2.41. The van der Waals surface area contributed by atoms with Gasteiger partial charge in [-0.25, -0.2) is 0 Å². The van der Waals surface area contributed by atoms with Gasteiger partial charge in [0.2, 0.25) is 0 Å². The molecule has 6 nitrogen and oxygen atoms in total. The van der Waals surface area contributed by atoms with Crippen LogP contribution in [0.3, 0.4) is 0 Å². The molecule has 0 amide bonds. The molecule has 0 saturated heterocycles. The van der Waals surface area contributed by atoms with E-state index in [9.17, 15) is 15.2 Å². The first-order valence-electron chi connectivity index (χ1n) is 6.04. The Kier molecular flexibility index (Phi) is 3.95. The molecule has 1 unspecified atom stereocenters. The van der Waals surface area contributed by atoms with E-state index in [4.69, 9.17) is 4.74 Å². The fourth-order valence-electron chi connectivity index (χ4n) is 1.64. The van der Waals surface area contributed by atoms with Crippen LogP contribution >= 0.6 is 0 Å². The quantitative estimate of drug-likeness (QED) is 0.683. The number of non-ortho nitro benzene ring substituents is 1. The average molecular weight is 274 g/mol. The van der Waals surface area contributed by atoms with Gasteiger partial charge in [0, 0.05) is 6.07 Å². The lowest BCUT2D eigenvalue weighted by molar-refractivity contribution is -0.384. The molecule has 0 aliphatic rings. The van der Waals surface area contributed by atoms with E-state index in [1.807, 2.05) is 0 Å². The number of aromatic nitrogens is 1. The second-order valence-corrected chi connectivity index (χ2v) is 4.40. The van der Waals surface area contributed by atoms with Crippen molar-refractivity contribution in [3.8, 4) is 11.5 Å². The lowest BCUT2D eigenvalue weighted by Gasteiger charge is -2.09. The first-order chi connectivity index (χ1) is 9.47. The maximum absolute atomic E-state index is 10.7. The molecule has 6 heteroatoms. The molecule has 0 aliphatic carbocycles. The highest BCUT2D eigenvalue weighted by molar-refractivity contribution is 5.45. The predicted molar refractivity (Wildman–Crippen MR) is 72.8 cm³/mol. The van der Waals surface area contributed by atoms with Gasteiger partial charge in [0.1, 0.15) is 11.5 Å². The smallest absolute Gasteiger partial charge is 0.273 e. The van der Waals surface area contributed by atoms with E-state index in [-0.39, 0.29) is 5.69 Å². The number of benzene rings is 1. The number of ether oxygens (including phenoxy) is 1. The van der Waals surface area contributed by atoms with E-state index in [1.54, 1.807) is 32.0 Å². The molecule has 0 spiro atoms. The van der Waals surface area contributed by atoms with Crippen LogP contribution < -0.4 is 4.74 Å². The molecule has 0 bridgehead atoms. The predicted octanol–water partition coefficient (Wildman–Crippen LogP) is 3.14. The monoisotopic (exact) mass is 274 g/mol. The summed E-state index contributed by atoms with van der Waals surface area (Å²) in [6.45, 7) is 3.42. The summed E-state index contributed by atoms with van der Waals surface area (Å²) in [6, 6.07) is 7.74. The highest BCUT2D eigenvalue weighted by Gasteiger charge is 2.11. The molecule has 0 radical (unpaired) electrons. The van der Waals surface area contributed by atoms with Crippen molar-refractivity contribution in [3.63, 3.8) is 0 Å². The third kappa shape index (κ3) is 3.10. The fourth-order valence-corrected chi connectivity index (χ4v) is 1.64. The molecular weight excluding hydrogens is 260 g/mol. The molecule has 1 heterocycles. The Morgan fingerprint density at radius 1 is 1.35 bits per heavy atom. The molecule has 1 N–H and O–H groups in total. The molecule has 1 aromatic carbocycles. The van der Waals surface area contributed by atoms with E-state index in [0.717, 1.165) is 5.56 Å². The van der Waals surface area contributed by atoms with Crippen LogP contribution in [0.25, 0.3) is 0 Å². The second kappa shape index (κ2) is 5.66. The highest BCUT2D eigenvalue weighted by atomic mass is 16.6. The fraction of sp³-hybridized carbons (Fsp3) is 0.214. The molecule has 2 aromatic rings. The van der Waals surface area contributed by atoms with Gasteiger partial charge in [0.25, 0.3) is 5.69 Å². The van der Waals surface area contributed by atoms with Gasteiger partial charge in [-0.3, -0.25) is 15.1 Å². The Balaban J connectivity index is 2.25. The van der Waals surface area contributed by atoms with Crippen molar-refractivity contribution >= 4 is 5.69 Å². The van der Waals surface area contributed by atoms with Gasteiger partial charge >= 0.3 is 0 Å². The summed E-state index contributed by atoms with van der Waals surface area (Å²) in [4.78, 5) is 14.3. The molecule has 0 aliphatic heterocycles. The zero-order valence-electron chi connectivity index (χ0n) is 11.1. The lowest BCUT2D eigenvalue weighted by Crippen LogP contribution is -1.96. The van der Waals surface area contributed by atoms with Gasteiger partial charge in [-0.15, -0.1) is 0 Å². The number of nitro groups is 1. The van der Waals surface area contributed by atoms with Gasteiger partial charge in [0.15, 0.2) is 0 Å². The SMILES string of the molecule is Cc1ccc([N+](=O)[O-])cc1Oc1ccc(C(C)O)nc1. The summed E-state index contributed by atoms with van der Waals surface area (Å²) in [7, 11) is 0. The topological polar surface area (TPSA) is 85.5 Å². The maximum Gasteiger partial charge on any atom is 0.273 e. The van der Waals surface area contributed by atoms with Crippen molar-refractivity contribution in [2.45, 2.75) is 20.0 Å². The zero-order chi connectivity index (χ0) is 14.7. The molecule has 20 heavy (non-hydrogen) atoms. The minimum absolute atomic E-state index is 0.0286. The minimum Gasteiger partial charge on any atom is -0.455 e. The van der Waals surface area contributed by atoms with E-state index in [1.165, 1.54) is 18.3 Å². The van der Waals surface area contributed by atoms with Gasteiger partial charge in [-0.1, -0.05) is 0 Å². The van der Waals surface area contributed by atoms with Gasteiger partial charge in [-0.05, 0) is 37.6 Å². The van der Waals surface area contributed by atoms with E-state index in [2.05, 4.69) is 4.98 Å². The molecule has 0 saturated carbocycles. The van der Waals surface area contributed by atoms with Crippen molar-refractivity contribution in [1.29, 1.82) is 0 Å². The highest BCUT2D eigenvalue weighted by Crippen LogP contribution is 2.28. The van der Waals surface area contributed by atoms with Gasteiger partial charge in [-0.2, -0.15) is 0 Å². The summed E-state index contributed by atoms with van der Waals surface area (Å²) in [6.07, 6.45) is 0.823. The third-order valence-electron chi connectivity index (χ3n) is 2.80. The standard InChI is InChI=1S/C14H14N2O4/c1-9-3-4-11(16(18)19)7-14(9)20-12-5-6-13(10(2)17)15-8-12/h3-8,10,17H,1-2H3. The van der Waals surface area contributed by atoms with Crippen LogP contribution in [0.1, 0.15) is 24.3 Å². The number of aliphatic hydroxyl groups is 1. The van der Waals surface area contributed by atoms with Crippen molar-refractivity contribution < 1.29 is 14.8 Å². The second-order valence-electron chi connectivity index (χ2n) is 4.40. The van der Waals surface area contributed by atoms with Crippen LogP contribution in [0.4, 0.5) is 5.69 Å². The number of aryl methyl sites for hydroxylation is 1. The number of hydrogen-bond acceptors (Lipinski definition) is 5. The molecule has 1 atom stereocenters. The number of pyridine rings is 1. The number of nitrogens with zero attached hydrogens (tertiary/aromatic N) is 2. The Morgan fingerprint density at radius 2 is 2.10 bits per heavy atom. The Hall–Kier alpha value is -2.47. The number of hydrogen-bond donors (Lipinski definition) is 1. The summed E-state index contributed by atoms with van der Waals surface area (Å²) < 4.78 is 5.59. The van der Waals surface area contributed by atoms with Crippen LogP contribution in [0.15, 0.2) is 36.5 Å². The summed E-state index contributed by atoms with van der Waals surface area (Å²) >= 11 is 0. The summed E-state index contributed by atoms with van der Waals surface area (Å²) in [5, 5.41) is 20.1. The van der Waals surface area contributed by atoms with Gasteiger partial charge < -0.3 is 9.84 Å². The normalized spacial score (nSPS) is 11.9. The number of aliphatic hydroxyl groups excluding tert-OH is 1. The summed E-state index contributed by atoms with van der Waals surface area (Å²) in [5.41, 5.74) is 1.29. The van der Waals surface area contributed by atoms with Gasteiger partial charge in [0.05, 0.1) is 29.0 Å². The number of nitro benzene ring substituents is 1. The summed E-state index contributed by atoms with van der Waals surface area (Å²) in [5.74, 6) is 0.865. The molecule has 1 aromatic heterocycles. The van der Waals surface area contributed by atoms with E-state index >= 15 is 0 Å². The van der Waals surface area contributed by atoms with Crippen molar-refractivity contribution in [3.05, 3.63) is 57.9 Å². The molecule has 104 valence electrons. The Morgan fingerprint density at radius 3 is 2.65 bits per heavy atom. The Labute approximate surface area is 115 Å². The van der Waals surface area contributed by atoms with Crippen LogP contribution in [0.5, 0.6) is 11.5 Å². The van der Waals surface area contributed by atoms with Crippen LogP contribution in [0.2, 0.25) is 0 Å².